The number of thiophene rings is 1. The van der Waals surface area contributed by atoms with E-state index in [1.54, 1.807) is 11.3 Å². The summed E-state index contributed by atoms with van der Waals surface area (Å²) in [4.78, 5) is 12.2. The fourth-order valence-corrected chi connectivity index (χ4v) is 4.47. The van der Waals surface area contributed by atoms with Gasteiger partial charge in [0, 0.05) is 17.4 Å². The van der Waals surface area contributed by atoms with E-state index in [1.807, 2.05) is 12.3 Å². The van der Waals surface area contributed by atoms with E-state index in [9.17, 15) is 4.79 Å². The molecule has 2 aliphatic carbocycles. The lowest BCUT2D eigenvalue weighted by molar-refractivity contribution is 0.0944. The lowest BCUT2D eigenvalue weighted by atomic mass is 9.84. The smallest absolute Gasteiger partial charge is 0.164 e. The molecule has 0 amide bonds. The number of ketones is 1. The Labute approximate surface area is 101 Å². The average molecular weight is 234 g/mol. The maximum absolute atomic E-state index is 12.2. The molecule has 3 unspecified atom stereocenters. The second-order valence-electron chi connectivity index (χ2n) is 5.53. The SMILES string of the molecule is Cc1cscc1C(=O)CC1CC2CCC1C2. The first kappa shape index (κ1) is 10.5. The van der Waals surface area contributed by atoms with Gasteiger partial charge in [-0.2, -0.15) is 11.3 Å². The van der Waals surface area contributed by atoms with Crippen LogP contribution in [0.2, 0.25) is 0 Å². The molecule has 3 atom stereocenters. The zero-order valence-corrected chi connectivity index (χ0v) is 10.6. The van der Waals surface area contributed by atoms with E-state index in [2.05, 4.69) is 5.38 Å². The molecule has 0 radical (unpaired) electrons. The fourth-order valence-electron chi connectivity index (χ4n) is 3.62. The molecule has 86 valence electrons. The van der Waals surface area contributed by atoms with Gasteiger partial charge in [0.05, 0.1) is 0 Å². The van der Waals surface area contributed by atoms with E-state index in [-0.39, 0.29) is 0 Å². The van der Waals surface area contributed by atoms with Gasteiger partial charge in [-0.25, -0.2) is 0 Å². The molecule has 0 aromatic carbocycles. The highest BCUT2D eigenvalue weighted by Gasteiger charge is 2.40. The maximum atomic E-state index is 12.2. The Kier molecular flexibility index (Phi) is 2.62. The summed E-state index contributed by atoms with van der Waals surface area (Å²) in [6.07, 6.45) is 6.33. The Morgan fingerprint density at radius 2 is 2.25 bits per heavy atom. The van der Waals surface area contributed by atoms with Gasteiger partial charge in [0.2, 0.25) is 0 Å². The maximum Gasteiger partial charge on any atom is 0.164 e. The number of Topliss-reactive ketones (excluding diaryl/α,β-unsaturated/α-hetero) is 1. The van der Waals surface area contributed by atoms with Gasteiger partial charge >= 0.3 is 0 Å². The average Bonchev–Trinajstić information content (AvgIpc) is 2.92. The minimum Gasteiger partial charge on any atom is -0.294 e. The van der Waals surface area contributed by atoms with E-state index in [0.29, 0.717) is 11.7 Å². The summed E-state index contributed by atoms with van der Waals surface area (Å²) in [5.41, 5.74) is 2.14. The second-order valence-corrected chi connectivity index (χ2v) is 6.27. The Bertz CT molecular complexity index is 407. The van der Waals surface area contributed by atoms with Gasteiger partial charge < -0.3 is 0 Å². The fraction of sp³-hybridized carbons (Fsp3) is 0.643. The van der Waals surface area contributed by atoms with Gasteiger partial charge in [-0.3, -0.25) is 4.79 Å². The largest absolute Gasteiger partial charge is 0.294 e. The molecule has 1 nitrogen and oxygen atoms in total. The third-order valence-electron chi connectivity index (χ3n) is 4.49. The highest BCUT2D eigenvalue weighted by Crippen LogP contribution is 2.49. The van der Waals surface area contributed by atoms with Crippen LogP contribution in [0.4, 0.5) is 0 Å². The first-order valence-corrected chi connectivity index (χ1v) is 7.24. The molecule has 0 N–H and O–H groups in total. The Morgan fingerprint density at radius 1 is 1.38 bits per heavy atom. The molecule has 1 heterocycles. The van der Waals surface area contributed by atoms with Crippen molar-refractivity contribution in [3.05, 3.63) is 21.9 Å². The summed E-state index contributed by atoms with van der Waals surface area (Å²) in [5.74, 6) is 2.90. The van der Waals surface area contributed by atoms with Crippen molar-refractivity contribution in [2.75, 3.05) is 0 Å². The van der Waals surface area contributed by atoms with E-state index in [4.69, 9.17) is 0 Å². The molecule has 16 heavy (non-hydrogen) atoms. The van der Waals surface area contributed by atoms with Crippen LogP contribution in [0, 0.1) is 24.7 Å². The molecular formula is C14H18OS. The molecule has 1 aromatic rings. The van der Waals surface area contributed by atoms with Crippen LogP contribution in [0.25, 0.3) is 0 Å². The van der Waals surface area contributed by atoms with Crippen LogP contribution in [0.1, 0.15) is 48.0 Å². The summed E-state index contributed by atoms with van der Waals surface area (Å²) in [7, 11) is 0. The van der Waals surface area contributed by atoms with Crippen molar-refractivity contribution >= 4 is 17.1 Å². The molecule has 3 rings (SSSR count). The lowest BCUT2D eigenvalue weighted by Crippen LogP contribution is -2.15. The summed E-state index contributed by atoms with van der Waals surface area (Å²) in [6.45, 7) is 2.05. The zero-order chi connectivity index (χ0) is 11.1. The van der Waals surface area contributed by atoms with E-state index >= 15 is 0 Å². The number of fused-ring (bicyclic) bond motifs is 2. The van der Waals surface area contributed by atoms with Crippen molar-refractivity contribution in [3.8, 4) is 0 Å². The van der Waals surface area contributed by atoms with Gasteiger partial charge in [-0.05, 0) is 54.9 Å². The lowest BCUT2D eigenvalue weighted by Gasteiger charge is -2.20. The van der Waals surface area contributed by atoms with Crippen molar-refractivity contribution in [2.45, 2.75) is 39.0 Å². The Balaban J connectivity index is 1.67. The monoisotopic (exact) mass is 234 g/mol. The highest BCUT2D eigenvalue weighted by molar-refractivity contribution is 7.08. The molecule has 0 spiro atoms. The zero-order valence-electron chi connectivity index (χ0n) is 9.74. The molecule has 2 fully saturated rings. The first-order chi connectivity index (χ1) is 7.74. The van der Waals surface area contributed by atoms with Gasteiger partial charge in [0.1, 0.15) is 0 Å². The molecule has 2 heteroatoms. The van der Waals surface area contributed by atoms with Crippen LogP contribution in [-0.2, 0) is 0 Å². The third-order valence-corrected chi connectivity index (χ3v) is 5.35. The topological polar surface area (TPSA) is 17.1 Å². The predicted molar refractivity (Wildman–Crippen MR) is 66.9 cm³/mol. The van der Waals surface area contributed by atoms with Crippen LogP contribution in [0.3, 0.4) is 0 Å². The number of hydrogen-bond donors (Lipinski definition) is 0. The van der Waals surface area contributed by atoms with Gasteiger partial charge in [-0.15, -0.1) is 0 Å². The molecular weight excluding hydrogens is 216 g/mol. The molecule has 0 saturated heterocycles. The van der Waals surface area contributed by atoms with Crippen molar-refractivity contribution in [1.29, 1.82) is 0 Å². The van der Waals surface area contributed by atoms with Crippen molar-refractivity contribution in [2.24, 2.45) is 17.8 Å². The van der Waals surface area contributed by atoms with Gasteiger partial charge in [0.15, 0.2) is 5.78 Å². The minimum absolute atomic E-state index is 0.385. The van der Waals surface area contributed by atoms with Crippen LogP contribution in [-0.4, -0.2) is 5.78 Å². The predicted octanol–water partition coefficient (Wildman–Crippen LogP) is 4.07. The third kappa shape index (κ3) is 1.73. The van der Waals surface area contributed by atoms with E-state index < -0.39 is 0 Å². The summed E-state index contributed by atoms with van der Waals surface area (Å²) >= 11 is 1.65. The summed E-state index contributed by atoms with van der Waals surface area (Å²) in [6, 6.07) is 0. The van der Waals surface area contributed by atoms with Gasteiger partial charge in [-0.1, -0.05) is 6.42 Å². The summed E-state index contributed by atoms with van der Waals surface area (Å²) in [5, 5.41) is 4.10. The minimum atomic E-state index is 0.385. The number of aryl methyl sites for hydroxylation is 1. The number of rotatable bonds is 3. The normalized spacial score (nSPS) is 32.2. The molecule has 2 aliphatic rings. The van der Waals surface area contributed by atoms with Gasteiger partial charge in [0.25, 0.3) is 0 Å². The quantitative estimate of drug-likeness (QED) is 0.721. The van der Waals surface area contributed by atoms with E-state index in [1.165, 1.54) is 25.7 Å². The van der Waals surface area contributed by atoms with Crippen molar-refractivity contribution in [3.63, 3.8) is 0 Å². The highest BCUT2D eigenvalue weighted by atomic mass is 32.1. The number of carbonyl (C=O) groups is 1. The molecule has 0 aliphatic heterocycles. The Hall–Kier alpha value is -0.630. The van der Waals surface area contributed by atoms with Crippen LogP contribution < -0.4 is 0 Å². The number of hydrogen-bond acceptors (Lipinski definition) is 2. The van der Waals surface area contributed by atoms with Crippen LogP contribution >= 0.6 is 11.3 Å². The van der Waals surface area contributed by atoms with Crippen molar-refractivity contribution < 1.29 is 4.79 Å². The van der Waals surface area contributed by atoms with Crippen LogP contribution in [0.5, 0.6) is 0 Å². The molecule has 2 bridgehead atoms. The van der Waals surface area contributed by atoms with E-state index in [0.717, 1.165) is 29.4 Å². The Morgan fingerprint density at radius 3 is 2.81 bits per heavy atom. The molecule has 1 aromatic heterocycles. The number of carbonyl (C=O) groups excluding carboxylic acids is 1. The first-order valence-electron chi connectivity index (χ1n) is 6.30. The molecule has 2 saturated carbocycles. The summed E-state index contributed by atoms with van der Waals surface area (Å²) < 4.78 is 0. The van der Waals surface area contributed by atoms with Crippen LogP contribution in [0.15, 0.2) is 10.8 Å². The standard InChI is InChI=1S/C14H18OS/c1-9-7-16-8-13(9)14(15)6-12-5-10-2-3-11(12)4-10/h7-8,10-12H,2-6H2,1H3. The van der Waals surface area contributed by atoms with Crippen molar-refractivity contribution in [1.82, 2.24) is 0 Å². The second kappa shape index (κ2) is 3.99.